The van der Waals surface area contributed by atoms with Crippen molar-refractivity contribution in [2.45, 2.75) is 0 Å². The molecule has 0 fully saturated rings. The van der Waals surface area contributed by atoms with Gasteiger partial charge in [0, 0.05) is 12.1 Å². The van der Waals surface area contributed by atoms with Crippen molar-refractivity contribution < 1.29 is 4.39 Å². The van der Waals surface area contributed by atoms with E-state index in [2.05, 4.69) is 0 Å². The van der Waals surface area contributed by atoms with Gasteiger partial charge in [-0.05, 0) is 18.2 Å². The van der Waals surface area contributed by atoms with Gasteiger partial charge in [0.05, 0.1) is 12.4 Å². The standard InChI is InChI=1S/C8H10ClFN2/c1-12(5-11)8-4-6(9)2-3-7(8)10/h2-4H,5,11H2,1H3. The summed E-state index contributed by atoms with van der Waals surface area (Å²) in [5.41, 5.74) is 5.76. The van der Waals surface area contributed by atoms with Gasteiger partial charge in [0.25, 0.3) is 0 Å². The summed E-state index contributed by atoms with van der Waals surface area (Å²) in [6.07, 6.45) is 0. The summed E-state index contributed by atoms with van der Waals surface area (Å²) in [6, 6.07) is 4.37. The van der Waals surface area contributed by atoms with E-state index in [9.17, 15) is 4.39 Å². The highest BCUT2D eigenvalue weighted by Gasteiger charge is 2.05. The minimum absolute atomic E-state index is 0.261. The zero-order valence-electron chi connectivity index (χ0n) is 6.72. The Morgan fingerprint density at radius 2 is 2.25 bits per heavy atom. The maximum absolute atomic E-state index is 13.1. The molecule has 0 spiro atoms. The normalized spacial score (nSPS) is 10.0. The van der Waals surface area contributed by atoms with Crippen molar-refractivity contribution in [3.63, 3.8) is 0 Å². The quantitative estimate of drug-likeness (QED) is 0.718. The number of hydrogen-bond acceptors (Lipinski definition) is 2. The molecule has 0 bridgehead atoms. The molecule has 1 aromatic carbocycles. The molecule has 2 N–H and O–H groups in total. The van der Waals surface area contributed by atoms with E-state index in [0.29, 0.717) is 10.7 Å². The minimum atomic E-state index is -0.313. The molecule has 66 valence electrons. The maximum atomic E-state index is 13.1. The third kappa shape index (κ3) is 1.87. The highest BCUT2D eigenvalue weighted by molar-refractivity contribution is 6.30. The van der Waals surface area contributed by atoms with E-state index in [0.717, 1.165) is 0 Å². The van der Waals surface area contributed by atoms with Crippen LogP contribution in [0.3, 0.4) is 0 Å². The summed E-state index contributed by atoms with van der Waals surface area (Å²) in [5.74, 6) is -0.313. The van der Waals surface area contributed by atoms with E-state index in [1.807, 2.05) is 0 Å². The van der Waals surface area contributed by atoms with Crippen molar-refractivity contribution in [2.24, 2.45) is 5.73 Å². The van der Waals surface area contributed by atoms with Crippen LogP contribution in [0.15, 0.2) is 18.2 Å². The first-order chi connectivity index (χ1) is 5.65. The van der Waals surface area contributed by atoms with Crippen LogP contribution in [0.2, 0.25) is 5.02 Å². The Morgan fingerprint density at radius 1 is 1.58 bits per heavy atom. The average Bonchev–Trinajstić information content (AvgIpc) is 2.08. The smallest absolute Gasteiger partial charge is 0.146 e. The molecule has 0 amide bonds. The van der Waals surface area contributed by atoms with Crippen molar-refractivity contribution in [3.8, 4) is 0 Å². The van der Waals surface area contributed by atoms with Gasteiger partial charge in [0.15, 0.2) is 0 Å². The van der Waals surface area contributed by atoms with Gasteiger partial charge in [-0.2, -0.15) is 0 Å². The predicted octanol–water partition coefficient (Wildman–Crippen LogP) is 1.83. The first-order valence-corrected chi connectivity index (χ1v) is 3.89. The number of benzene rings is 1. The number of hydrogen-bond donors (Lipinski definition) is 1. The van der Waals surface area contributed by atoms with Crippen LogP contribution in [0.5, 0.6) is 0 Å². The second kappa shape index (κ2) is 3.74. The highest BCUT2D eigenvalue weighted by Crippen LogP contribution is 2.21. The summed E-state index contributed by atoms with van der Waals surface area (Å²) >= 11 is 5.68. The van der Waals surface area contributed by atoms with Crippen molar-refractivity contribution in [1.82, 2.24) is 0 Å². The van der Waals surface area contributed by atoms with Crippen molar-refractivity contribution >= 4 is 17.3 Å². The van der Waals surface area contributed by atoms with E-state index >= 15 is 0 Å². The first kappa shape index (κ1) is 9.29. The van der Waals surface area contributed by atoms with Crippen LogP contribution in [0.4, 0.5) is 10.1 Å². The third-order valence-corrected chi connectivity index (χ3v) is 1.83. The fourth-order valence-electron chi connectivity index (χ4n) is 0.877. The molecule has 0 heterocycles. The molecular formula is C8H10ClFN2. The Bertz CT molecular complexity index is 278. The number of rotatable bonds is 2. The number of nitrogens with zero attached hydrogens (tertiary/aromatic N) is 1. The SMILES string of the molecule is CN(CN)c1cc(Cl)ccc1F. The highest BCUT2D eigenvalue weighted by atomic mass is 35.5. The molecule has 0 saturated carbocycles. The van der Waals surface area contributed by atoms with Crippen LogP contribution < -0.4 is 10.6 Å². The van der Waals surface area contributed by atoms with E-state index in [4.69, 9.17) is 17.3 Å². The Kier molecular flexibility index (Phi) is 2.89. The summed E-state index contributed by atoms with van der Waals surface area (Å²) in [4.78, 5) is 1.58. The first-order valence-electron chi connectivity index (χ1n) is 3.51. The zero-order chi connectivity index (χ0) is 9.14. The second-order valence-corrected chi connectivity index (χ2v) is 2.91. The van der Waals surface area contributed by atoms with Crippen molar-refractivity contribution in [2.75, 3.05) is 18.6 Å². The average molecular weight is 189 g/mol. The van der Waals surface area contributed by atoms with Gasteiger partial charge in [-0.25, -0.2) is 4.39 Å². The molecule has 0 aromatic heterocycles. The van der Waals surface area contributed by atoms with Gasteiger partial charge >= 0.3 is 0 Å². The largest absolute Gasteiger partial charge is 0.360 e. The fourth-order valence-corrected chi connectivity index (χ4v) is 1.04. The van der Waals surface area contributed by atoms with Crippen molar-refractivity contribution in [3.05, 3.63) is 29.0 Å². The van der Waals surface area contributed by atoms with Gasteiger partial charge in [-0.3, -0.25) is 0 Å². The summed E-state index contributed by atoms with van der Waals surface area (Å²) in [7, 11) is 1.70. The molecule has 2 nitrogen and oxygen atoms in total. The van der Waals surface area contributed by atoms with Crippen LogP contribution >= 0.6 is 11.6 Å². The lowest BCUT2D eigenvalue weighted by atomic mass is 10.3. The summed E-state index contributed by atoms with van der Waals surface area (Å²) in [5, 5.41) is 0.506. The van der Waals surface area contributed by atoms with Crippen LogP contribution in [-0.2, 0) is 0 Å². The van der Waals surface area contributed by atoms with Gasteiger partial charge in [-0.1, -0.05) is 11.6 Å². The molecule has 0 aliphatic rings. The van der Waals surface area contributed by atoms with Gasteiger partial charge < -0.3 is 10.6 Å². The lowest BCUT2D eigenvalue weighted by Crippen LogP contribution is -2.25. The summed E-state index contributed by atoms with van der Waals surface area (Å²) < 4.78 is 13.1. The Morgan fingerprint density at radius 3 is 2.83 bits per heavy atom. The molecule has 1 rings (SSSR count). The van der Waals surface area contributed by atoms with E-state index in [1.165, 1.54) is 12.1 Å². The van der Waals surface area contributed by atoms with E-state index in [-0.39, 0.29) is 12.5 Å². The minimum Gasteiger partial charge on any atom is -0.360 e. The lowest BCUT2D eigenvalue weighted by molar-refractivity contribution is 0.623. The monoisotopic (exact) mass is 188 g/mol. The number of nitrogens with two attached hydrogens (primary N) is 1. The predicted molar refractivity (Wildman–Crippen MR) is 48.9 cm³/mol. The molecule has 0 unspecified atom stereocenters. The molecule has 1 aromatic rings. The Balaban J connectivity index is 3.04. The second-order valence-electron chi connectivity index (χ2n) is 2.48. The number of halogens is 2. The van der Waals surface area contributed by atoms with Crippen molar-refractivity contribution in [1.29, 1.82) is 0 Å². The van der Waals surface area contributed by atoms with Crippen LogP contribution in [0, 0.1) is 5.82 Å². The third-order valence-electron chi connectivity index (χ3n) is 1.59. The topological polar surface area (TPSA) is 29.3 Å². The van der Waals surface area contributed by atoms with Crippen LogP contribution in [-0.4, -0.2) is 13.7 Å². The van der Waals surface area contributed by atoms with E-state index < -0.39 is 0 Å². The maximum Gasteiger partial charge on any atom is 0.146 e. The molecule has 12 heavy (non-hydrogen) atoms. The molecular weight excluding hydrogens is 179 g/mol. The van der Waals surface area contributed by atoms with Gasteiger partial charge in [0.1, 0.15) is 5.82 Å². The molecule has 4 heteroatoms. The molecule has 0 radical (unpaired) electrons. The Labute approximate surface area is 75.7 Å². The lowest BCUT2D eigenvalue weighted by Gasteiger charge is -2.17. The molecule has 0 saturated heterocycles. The summed E-state index contributed by atoms with van der Waals surface area (Å²) in [6.45, 7) is 0.261. The van der Waals surface area contributed by atoms with E-state index in [1.54, 1.807) is 18.0 Å². The number of anilines is 1. The fraction of sp³-hybridized carbons (Fsp3) is 0.250. The molecule has 0 atom stereocenters. The zero-order valence-corrected chi connectivity index (χ0v) is 7.48. The van der Waals surface area contributed by atoms with Gasteiger partial charge in [0.2, 0.25) is 0 Å². The Hall–Kier alpha value is -0.800. The van der Waals surface area contributed by atoms with Crippen LogP contribution in [0.1, 0.15) is 0 Å². The van der Waals surface area contributed by atoms with Gasteiger partial charge in [-0.15, -0.1) is 0 Å². The molecule has 0 aliphatic heterocycles. The van der Waals surface area contributed by atoms with Crippen LogP contribution in [0.25, 0.3) is 0 Å². The molecule has 0 aliphatic carbocycles.